The van der Waals surface area contributed by atoms with Crippen molar-refractivity contribution in [2.75, 3.05) is 13.7 Å². The number of rotatable bonds is 8. The van der Waals surface area contributed by atoms with Crippen LogP contribution in [0.5, 0.6) is 5.75 Å². The molecule has 0 saturated heterocycles. The minimum atomic E-state index is -3.81. The highest BCUT2D eigenvalue weighted by atomic mass is 35.5. The summed E-state index contributed by atoms with van der Waals surface area (Å²) >= 11 is 7.37. The maximum absolute atomic E-state index is 12.9. The molecule has 0 aliphatic rings. The van der Waals surface area contributed by atoms with Crippen LogP contribution in [0.1, 0.15) is 36.0 Å². The van der Waals surface area contributed by atoms with Crippen LogP contribution in [-0.2, 0) is 16.6 Å². The smallest absolute Gasteiger partial charge is 0.254 e. The second kappa shape index (κ2) is 9.05. The normalized spacial score (nSPS) is 11.6. The Kier molecular flexibility index (Phi) is 7.27. The maximum atomic E-state index is 12.9. The molecule has 0 spiro atoms. The zero-order valence-corrected chi connectivity index (χ0v) is 18.0. The van der Waals surface area contributed by atoms with Gasteiger partial charge in [-0.25, -0.2) is 13.1 Å². The Bertz CT molecular complexity index is 910. The molecule has 2 rings (SSSR count). The van der Waals surface area contributed by atoms with Gasteiger partial charge in [0, 0.05) is 23.0 Å². The van der Waals surface area contributed by atoms with Gasteiger partial charge >= 0.3 is 0 Å². The zero-order valence-electron chi connectivity index (χ0n) is 15.7. The third kappa shape index (κ3) is 5.44. The summed E-state index contributed by atoms with van der Waals surface area (Å²) in [6.07, 6.45) is 0. The van der Waals surface area contributed by atoms with Gasteiger partial charge in [-0.15, -0.1) is 11.3 Å². The summed E-state index contributed by atoms with van der Waals surface area (Å²) in [4.78, 5) is 15.5. The largest absolute Gasteiger partial charge is 0.495 e. The van der Waals surface area contributed by atoms with E-state index in [-0.39, 0.29) is 28.2 Å². The van der Waals surface area contributed by atoms with Crippen molar-refractivity contribution >= 4 is 38.9 Å². The molecule has 0 aliphatic carbocycles. The van der Waals surface area contributed by atoms with Gasteiger partial charge in [-0.1, -0.05) is 11.6 Å². The first-order chi connectivity index (χ1) is 12.7. The summed E-state index contributed by atoms with van der Waals surface area (Å²) in [5.74, 6) is -0.0709. The summed E-state index contributed by atoms with van der Waals surface area (Å²) in [6, 6.07) is 7.80. The van der Waals surface area contributed by atoms with Crippen molar-refractivity contribution < 1.29 is 17.9 Å². The number of ether oxygens (including phenoxy) is 1. The molecule has 0 unspecified atom stereocenters. The van der Waals surface area contributed by atoms with Crippen molar-refractivity contribution in [1.29, 1.82) is 0 Å². The van der Waals surface area contributed by atoms with Crippen LogP contribution in [0.3, 0.4) is 0 Å². The number of sulfonamides is 1. The van der Waals surface area contributed by atoms with E-state index in [0.717, 1.165) is 4.88 Å². The molecule has 1 aromatic carbocycles. The number of methoxy groups -OCH3 is 1. The molecule has 0 radical (unpaired) electrons. The van der Waals surface area contributed by atoms with Crippen molar-refractivity contribution in [2.45, 2.75) is 38.3 Å². The molecule has 0 fully saturated rings. The molecule has 1 heterocycles. The van der Waals surface area contributed by atoms with Crippen LogP contribution < -0.4 is 9.46 Å². The van der Waals surface area contributed by atoms with Crippen molar-refractivity contribution in [3.05, 3.63) is 45.1 Å². The predicted octanol–water partition coefficient (Wildman–Crippen LogP) is 3.76. The topological polar surface area (TPSA) is 75.7 Å². The van der Waals surface area contributed by atoms with Gasteiger partial charge in [0.15, 0.2) is 0 Å². The van der Waals surface area contributed by atoms with Crippen LogP contribution in [0.25, 0.3) is 0 Å². The molecule has 0 atom stereocenters. The van der Waals surface area contributed by atoms with Gasteiger partial charge in [-0.3, -0.25) is 4.79 Å². The molecule has 0 saturated carbocycles. The van der Waals surface area contributed by atoms with E-state index >= 15 is 0 Å². The lowest BCUT2D eigenvalue weighted by atomic mass is 10.2. The van der Waals surface area contributed by atoms with E-state index in [9.17, 15) is 13.2 Å². The Morgan fingerprint density at radius 2 is 2.00 bits per heavy atom. The molecule has 1 aromatic heterocycles. The number of benzene rings is 1. The highest BCUT2D eigenvalue weighted by Gasteiger charge is 2.24. The third-order valence-corrected chi connectivity index (χ3v) is 6.63. The van der Waals surface area contributed by atoms with Crippen molar-refractivity contribution in [3.63, 3.8) is 0 Å². The second-order valence-corrected chi connectivity index (χ2v) is 9.65. The van der Waals surface area contributed by atoms with E-state index in [1.807, 2.05) is 13.0 Å². The number of amides is 1. The molecular weight excluding hydrogens is 408 g/mol. The van der Waals surface area contributed by atoms with E-state index in [2.05, 4.69) is 4.72 Å². The number of thiophene rings is 1. The number of hydrogen-bond acceptors (Lipinski definition) is 5. The number of halogens is 1. The molecule has 148 valence electrons. The van der Waals surface area contributed by atoms with Crippen molar-refractivity contribution in [2.24, 2.45) is 0 Å². The lowest BCUT2D eigenvalue weighted by Crippen LogP contribution is -2.32. The predicted molar refractivity (Wildman–Crippen MR) is 108 cm³/mol. The first kappa shape index (κ1) is 21.7. The molecule has 1 amide bonds. The minimum Gasteiger partial charge on any atom is -0.495 e. The fourth-order valence-electron chi connectivity index (χ4n) is 2.53. The maximum Gasteiger partial charge on any atom is 0.254 e. The van der Waals surface area contributed by atoms with Crippen LogP contribution in [0.2, 0.25) is 4.34 Å². The molecule has 0 bridgehead atoms. The number of nitrogens with one attached hydrogen (secondary N) is 1. The molecule has 1 N–H and O–H groups in total. The second-order valence-electron chi connectivity index (χ2n) is 6.17. The summed E-state index contributed by atoms with van der Waals surface area (Å²) in [5, 5.41) is 0. The van der Waals surface area contributed by atoms with E-state index in [1.54, 1.807) is 30.9 Å². The van der Waals surface area contributed by atoms with E-state index in [0.29, 0.717) is 17.4 Å². The fraction of sp³-hybridized carbons (Fsp3) is 0.389. The Hall–Kier alpha value is -1.61. The van der Waals surface area contributed by atoms with E-state index in [1.165, 1.54) is 30.6 Å². The highest BCUT2D eigenvalue weighted by molar-refractivity contribution is 7.89. The number of hydrogen-bond donors (Lipinski definition) is 1. The molecule has 0 aliphatic heterocycles. The molecular formula is C18H23ClN2O4S2. The summed E-state index contributed by atoms with van der Waals surface area (Å²) < 4.78 is 33.6. The van der Waals surface area contributed by atoms with Gasteiger partial charge in [0.1, 0.15) is 10.6 Å². The Morgan fingerprint density at radius 1 is 1.30 bits per heavy atom. The van der Waals surface area contributed by atoms with Gasteiger partial charge in [0.05, 0.1) is 18.0 Å². The van der Waals surface area contributed by atoms with Crippen LogP contribution in [0, 0.1) is 0 Å². The molecule has 9 heteroatoms. The molecule has 27 heavy (non-hydrogen) atoms. The quantitative estimate of drug-likeness (QED) is 0.691. The molecule has 6 nitrogen and oxygen atoms in total. The average Bonchev–Trinajstić information content (AvgIpc) is 3.02. The standard InChI is InChI=1S/C18H23ClN2O4S2/c1-5-21(11-14-7-9-17(19)26-14)18(22)13-6-8-15(25-4)16(10-13)27(23,24)20-12(2)3/h6-10,12,20H,5,11H2,1-4H3. The summed E-state index contributed by atoms with van der Waals surface area (Å²) in [5.41, 5.74) is 0.282. The average molecular weight is 431 g/mol. The van der Waals surface area contributed by atoms with Gasteiger partial charge in [-0.05, 0) is 51.1 Å². The van der Waals surface area contributed by atoms with Gasteiger partial charge in [0.25, 0.3) is 5.91 Å². The lowest BCUT2D eigenvalue weighted by Gasteiger charge is -2.21. The van der Waals surface area contributed by atoms with E-state index < -0.39 is 10.0 Å². The summed E-state index contributed by atoms with van der Waals surface area (Å²) in [6.45, 7) is 6.21. The first-order valence-electron chi connectivity index (χ1n) is 8.41. The third-order valence-electron chi connectivity index (χ3n) is 3.74. The van der Waals surface area contributed by atoms with Gasteiger partial charge in [0.2, 0.25) is 10.0 Å². The number of carbonyl (C=O) groups is 1. The number of carbonyl (C=O) groups excluding carboxylic acids is 1. The summed E-state index contributed by atoms with van der Waals surface area (Å²) in [7, 11) is -2.41. The van der Waals surface area contributed by atoms with Crippen LogP contribution in [0.15, 0.2) is 35.2 Å². The van der Waals surface area contributed by atoms with Gasteiger partial charge < -0.3 is 9.64 Å². The van der Waals surface area contributed by atoms with Crippen LogP contribution >= 0.6 is 22.9 Å². The van der Waals surface area contributed by atoms with Crippen LogP contribution in [0.4, 0.5) is 0 Å². The van der Waals surface area contributed by atoms with Crippen molar-refractivity contribution in [1.82, 2.24) is 9.62 Å². The molecule has 2 aromatic rings. The monoisotopic (exact) mass is 430 g/mol. The van der Waals surface area contributed by atoms with Gasteiger partial charge in [-0.2, -0.15) is 0 Å². The van der Waals surface area contributed by atoms with Crippen molar-refractivity contribution in [3.8, 4) is 5.75 Å². The fourth-order valence-corrected chi connectivity index (χ4v) is 5.08. The minimum absolute atomic E-state index is 0.0558. The van der Waals surface area contributed by atoms with Crippen LogP contribution in [-0.4, -0.2) is 38.9 Å². The van der Waals surface area contributed by atoms with E-state index in [4.69, 9.17) is 16.3 Å². The lowest BCUT2D eigenvalue weighted by molar-refractivity contribution is 0.0754. The SMILES string of the molecule is CCN(Cc1ccc(Cl)s1)C(=O)c1ccc(OC)c(S(=O)(=O)NC(C)C)c1. The Balaban J connectivity index is 2.36. The highest BCUT2D eigenvalue weighted by Crippen LogP contribution is 2.27. The zero-order chi connectivity index (χ0) is 20.2. The first-order valence-corrected chi connectivity index (χ1v) is 11.1. The number of nitrogens with zero attached hydrogens (tertiary/aromatic N) is 1. The Labute approximate surface area is 169 Å². The Morgan fingerprint density at radius 3 is 2.52 bits per heavy atom.